The molecule has 18 heavy (non-hydrogen) atoms. The molecule has 3 atom stereocenters. The van der Waals surface area contributed by atoms with E-state index in [0.717, 1.165) is 38.4 Å². The monoisotopic (exact) mass is 259 g/mol. The minimum atomic E-state index is 0.210. The zero-order valence-corrected chi connectivity index (χ0v) is 11.9. The highest BCUT2D eigenvalue weighted by Gasteiger charge is 2.27. The third-order valence-corrected chi connectivity index (χ3v) is 3.73. The number of methoxy groups -OCH3 is 1. The van der Waals surface area contributed by atoms with Gasteiger partial charge in [0, 0.05) is 26.4 Å². The van der Waals surface area contributed by atoms with Crippen molar-refractivity contribution in [1.29, 1.82) is 0 Å². The van der Waals surface area contributed by atoms with E-state index in [1.165, 1.54) is 12.8 Å². The molecule has 0 heterocycles. The summed E-state index contributed by atoms with van der Waals surface area (Å²) in [5, 5.41) is 0. The average molecular weight is 259 g/mol. The molecular formula is C14H29NO3. The maximum Gasteiger partial charge on any atom is 0.0729 e. The molecule has 0 aromatic carbocycles. The van der Waals surface area contributed by atoms with Gasteiger partial charge in [0.15, 0.2) is 0 Å². The smallest absolute Gasteiger partial charge is 0.0729 e. The van der Waals surface area contributed by atoms with Gasteiger partial charge in [0.05, 0.1) is 19.3 Å². The molecular weight excluding hydrogens is 230 g/mol. The zero-order valence-electron chi connectivity index (χ0n) is 11.9. The largest absolute Gasteiger partial charge is 0.385 e. The molecule has 0 amide bonds. The summed E-state index contributed by atoms with van der Waals surface area (Å²) in [5.41, 5.74) is 6.09. The van der Waals surface area contributed by atoms with Gasteiger partial charge in [0.25, 0.3) is 0 Å². The molecule has 0 bridgehead atoms. The summed E-state index contributed by atoms with van der Waals surface area (Å²) in [6, 6.07) is 0.210. The molecule has 0 aromatic rings. The van der Waals surface area contributed by atoms with Crippen LogP contribution in [0.2, 0.25) is 0 Å². The highest BCUT2D eigenvalue weighted by atomic mass is 16.5. The van der Waals surface area contributed by atoms with Crippen LogP contribution < -0.4 is 5.73 Å². The second-order valence-corrected chi connectivity index (χ2v) is 5.12. The summed E-state index contributed by atoms with van der Waals surface area (Å²) >= 11 is 0. The molecule has 1 fully saturated rings. The fourth-order valence-corrected chi connectivity index (χ4v) is 2.46. The third kappa shape index (κ3) is 6.14. The van der Waals surface area contributed by atoms with E-state index in [1.54, 1.807) is 7.11 Å². The predicted molar refractivity (Wildman–Crippen MR) is 72.7 cm³/mol. The molecule has 0 aliphatic heterocycles. The number of rotatable bonds is 9. The average Bonchev–Trinajstić information content (AvgIpc) is 2.39. The first kappa shape index (κ1) is 15.9. The van der Waals surface area contributed by atoms with Crippen LogP contribution in [0.4, 0.5) is 0 Å². The molecule has 0 radical (unpaired) electrons. The molecule has 0 saturated heterocycles. The standard InChI is InChI=1S/C14H29NO3/c1-3-12-5-6-13(15)14(11-12)18-10-9-17-8-4-7-16-2/h12-14H,3-11,15H2,1-2H3. The Labute approximate surface area is 111 Å². The Kier molecular flexibility index (Phi) is 8.59. The Balaban J connectivity index is 2.03. The van der Waals surface area contributed by atoms with Crippen molar-refractivity contribution in [3.63, 3.8) is 0 Å². The van der Waals surface area contributed by atoms with Crippen LogP contribution >= 0.6 is 0 Å². The molecule has 0 spiro atoms. The van der Waals surface area contributed by atoms with Crippen LogP contribution in [0, 0.1) is 5.92 Å². The Morgan fingerprint density at radius 2 is 1.94 bits per heavy atom. The van der Waals surface area contributed by atoms with Crippen LogP contribution in [0.15, 0.2) is 0 Å². The number of ether oxygens (including phenoxy) is 3. The predicted octanol–water partition coefficient (Wildman–Crippen LogP) is 1.96. The molecule has 2 N–H and O–H groups in total. The third-order valence-electron chi connectivity index (χ3n) is 3.73. The highest BCUT2D eigenvalue weighted by molar-refractivity contribution is 4.82. The highest BCUT2D eigenvalue weighted by Crippen LogP contribution is 2.27. The van der Waals surface area contributed by atoms with Crippen molar-refractivity contribution in [2.45, 2.75) is 51.2 Å². The van der Waals surface area contributed by atoms with Gasteiger partial charge in [-0.1, -0.05) is 13.3 Å². The van der Waals surface area contributed by atoms with Gasteiger partial charge in [-0.05, 0) is 31.6 Å². The van der Waals surface area contributed by atoms with Gasteiger partial charge in [-0.2, -0.15) is 0 Å². The summed E-state index contributed by atoms with van der Waals surface area (Å²) in [6.07, 6.45) is 5.87. The van der Waals surface area contributed by atoms with E-state index in [0.29, 0.717) is 13.2 Å². The lowest BCUT2D eigenvalue weighted by Crippen LogP contribution is -2.42. The lowest BCUT2D eigenvalue weighted by atomic mass is 9.83. The first-order valence-electron chi connectivity index (χ1n) is 7.21. The van der Waals surface area contributed by atoms with Crippen molar-refractivity contribution >= 4 is 0 Å². The van der Waals surface area contributed by atoms with Crippen LogP contribution in [-0.4, -0.2) is 45.7 Å². The molecule has 1 rings (SSSR count). The molecule has 1 aliphatic rings. The Morgan fingerprint density at radius 1 is 1.11 bits per heavy atom. The first-order chi connectivity index (χ1) is 8.77. The molecule has 3 unspecified atom stereocenters. The maximum absolute atomic E-state index is 6.09. The topological polar surface area (TPSA) is 53.7 Å². The van der Waals surface area contributed by atoms with E-state index < -0.39 is 0 Å². The van der Waals surface area contributed by atoms with Crippen LogP contribution in [0.3, 0.4) is 0 Å². The van der Waals surface area contributed by atoms with Crippen LogP contribution in [-0.2, 0) is 14.2 Å². The van der Waals surface area contributed by atoms with Gasteiger partial charge < -0.3 is 19.9 Å². The van der Waals surface area contributed by atoms with Crippen molar-refractivity contribution in [2.24, 2.45) is 11.7 Å². The summed E-state index contributed by atoms with van der Waals surface area (Å²) in [4.78, 5) is 0. The van der Waals surface area contributed by atoms with Gasteiger partial charge in [-0.25, -0.2) is 0 Å². The van der Waals surface area contributed by atoms with E-state index in [1.807, 2.05) is 0 Å². The summed E-state index contributed by atoms with van der Waals surface area (Å²) in [7, 11) is 1.71. The molecule has 1 saturated carbocycles. The zero-order chi connectivity index (χ0) is 13.2. The normalized spacial score (nSPS) is 28.5. The molecule has 4 nitrogen and oxygen atoms in total. The maximum atomic E-state index is 6.09. The Bertz CT molecular complexity index is 201. The second kappa shape index (κ2) is 9.73. The summed E-state index contributed by atoms with van der Waals surface area (Å²) < 4.78 is 16.3. The molecule has 108 valence electrons. The van der Waals surface area contributed by atoms with Gasteiger partial charge in [-0.15, -0.1) is 0 Å². The van der Waals surface area contributed by atoms with Crippen LogP contribution in [0.1, 0.15) is 39.0 Å². The number of hydrogen-bond donors (Lipinski definition) is 1. The van der Waals surface area contributed by atoms with Crippen molar-refractivity contribution in [1.82, 2.24) is 0 Å². The summed E-state index contributed by atoms with van der Waals surface area (Å²) in [6.45, 7) is 5.06. The van der Waals surface area contributed by atoms with Crippen molar-refractivity contribution in [3.8, 4) is 0 Å². The lowest BCUT2D eigenvalue weighted by molar-refractivity contribution is -0.0310. The molecule has 4 heteroatoms. The van der Waals surface area contributed by atoms with E-state index in [-0.39, 0.29) is 12.1 Å². The molecule has 0 aromatic heterocycles. The van der Waals surface area contributed by atoms with Gasteiger partial charge in [0.2, 0.25) is 0 Å². The molecule has 1 aliphatic carbocycles. The van der Waals surface area contributed by atoms with Crippen molar-refractivity contribution in [3.05, 3.63) is 0 Å². The lowest BCUT2D eigenvalue weighted by Gasteiger charge is -2.33. The van der Waals surface area contributed by atoms with E-state index in [9.17, 15) is 0 Å². The van der Waals surface area contributed by atoms with E-state index >= 15 is 0 Å². The minimum Gasteiger partial charge on any atom is -0.385 e. The number of nitrogens with two attached hydrogens (primary N) is 1. The van der Waals surface area contributed by atoms with Crippen LogP contribution in [0.5, 0.6) is 0 Å². The summed E-state index contributed by atoms with van der Waals surface area (Å²) in [5.74, 6) is 0.789. The Morgan fingerprint density at radius 3 is 2.67 bits per heavy atom. The quantitative estimate of drug-likeness (QED) is 0.643. The van der Waals surface area contributed by atoms with Gasteiger partial charge in [0.1, 0.15) is 0 Å². The first-order valence-corrected chi connectivity index (χ1v) is 7.21. The second-order valence-electron chi connectivity index (χ2n) is 5.12. The van der Waals surface area contributed by atoms with Crippen molar-refractivity contribution < 1.29 is 14.2 Å². The van der Waals surface area contributed by atoms with E-state index in [2.05, 4.69) is 6.92 Å². The fourth-order valence-electron chi connectivity index (χ4n) is 2.46. The van der Waals surface area contributed by atoms with E-state index in [4.69, 9.17) is 19.9 Å². The van der Waals surface area contributed by atoms with Gasteiger partial charge >= 0.3 is 0 Å². The number of hydrogen-bond acceptors (Lipinski definition) is 4. The van der Waals surface area contributed by atoms with Crippen molar-refractivity contribution in [2.75, 3.05) is 33.5 Å². The Hall–Kier alpha value is -0.160. The fraction of sp³-hybridized carbons (Fsp3) is 1.00. The minimum absolute atomic E-state index is 0.210. The van der Waals surface area contributed by atoms with Gasteiger partial charge in [-0.3, -0.25) is 0 Å². The van der Waals surface area contributed by atoms with Crippen LogP contribution in [0.25, 0.3) is 0 Å². The SMILES string of the molecule is CCC1CCC(N)C(OCCOCCCOC)C1.